The van der Waals surface area contributed by atoms with Gasteiger partial charge in [0.2, 0.25) is 5.91 Å². The van der Waals surface area contributed by atoms with Crippen LogP contribution in [0.3, 0.4) is 0 Å². The number of carbonyl (C=O) groups excluding carboxylic acids is 2. The molecular weight excluding hydrogens is 354 g/mol. The second-order valence-corrected chi connectivity index (χ2v) is 8.26. The summed E-state index contributed by atoms with van der Waals surface area (Å²) >= 11 is 0. The Morgan fingerprint density at radius 2 is 1.71 bits per heavy atom. The van der Waals surface area contributed by atoms with Gasteiger partial charge in [0, 0.05) is 32.2 Å². The molecule has 2 amide bonds. The number of rotatable bonds is 7. The van der Waals surface area contributed by atoms with Gasteiger partial charge in [0.1, 0.15) is 5.75 Å². The molecule has 1 heterocycles. The van der Waals surface area contributed by atoms with Gasteiger partial charge in [0.25, 0.3) is 5.91 Å². The van der Waals surface area contributed by atoms with E-state index in [1.807, 2.05) is 44.7 Å². The molecule has 1 saturated heterocycles. The van der Waals surface area contributed by atoms with Crippen molar-refractivity contribution in [3.8, 4) is 5.75 Å². The number of hydrogen-bond donors (Lipinski definition) is 1. The van der Waals surface area contributed by atoms with Gasteiger partial charge in [-0.3, -0.25) is 14.5 Å². The molecule has 1 unspecified atom stereocenters. The zero-order valence-corrected chi connectivity index (χ0v) is 18.1. The average Bonchev–Trinajstić information content (AvgIpc) is 2.62. The lowest BCUT2D eigenvalue weighted by molar-refractivity contribution is -0.139. The molecule has 0 aliphatic carbocycles. The summed E-state index contributed by atoms with van der Waals surface area (Å²) in [6.07, 6.45) is -0.531. The molecule has 0 spiro atoms. The molecule has 1 fully saturated rings. The quantitative estimate of drug-likeness (QED) is 0.779. The van der Waals surface area contributed by atoms with E-state index in [0.29, 0.717) is 38.6 Å². The summed E-state index contributed by atoms with van der Waals surface area (Å²) in [6.45, 7) is 15.0. The van der Waals surface area contributed by atoms with Gasteiger partial charge >= 0.3 is 0 Å². The summed E-state index contributed by atoms with van der Waals surface area (Å²) in [6, 6.07) is 6.33. The maximum Gasteiger partial charge on any atom is 0.263 e. The highest BCUT2D eigenvalue weighted by Crippen LogP contribution is 2.25. The van der Waals surface area contributed by atoms with Gasteiger partial charge in [0.15, 0.2) is 6.10 Å². The molecule has 1 aromatic rings. The number of piperazine rings is 1. The molecule has 1 N–H and O–H groups in total. The Labute approximate surface area is 169 Å². The molecule has 0 radical (unpaired) electrons. The van der Waals surface area contributed by atoms with Crippen LogP contribution in [0.25, 0.3) is 0 Å². The van der Waals surface area contributed by atoms with E-state index in [1.54, 1.807) is 0 Å². The van der Waals surface area contributed by atoms with Gasteiger partial charge in [-0.1, -0.05) is 26.0 Å². The molecular formula is C22H35N3O3. The van der Waals surface area contributed by atoms with E-state index in [0.717, 1.165) is 11.3 Å². The predicted octanol–water partition coefficient (Wildman–Crippen LogP) is 2.55. The van der Waals surface area contributed by atoms with Crippen molar-refractivity contribution in [2.24, 2.45) is 0 Å². The first kappa shape index (κ1) is 22.2. The maximum atomic E-state index is 12.8. The number of ether oxygens (including phenoxy) is 1. The van der Waals surface area contributed by atoms with Crippen LogP contribution in [0.5, 0.6) is 5.75 Å². The van der Waals surface area contributed by atoms with E-state index < -0.39 is 6.10 Å². The molecule has 6 heteroatoms. The monoisotopic (exact) mass is 389 g/mol. The minimum absolute atomic E-state index is 0.000585. The maximum absolute atomic E-state index is 12.8. The zero-order valence-electron chi connectivity index (χ0n) is 18.1. The SMILES string of the molecule is Cc1ccc(C(C)C)cc1OC(C)C(=O)N1CCN(CC(=O)NC(C)C)CC1. The number of nitrogens with one attached hydrogen (secondary N) is 1. The van der Waals surface area contributed by atoms with Crippen LogP contribution in [0.2, 0.25) is 0 Å². The van der Waals surface area contributed by atoms with Crippen LogP contribution in [0, 0.1) is 6.92 Å². The standard InChI is InChI=1S/C22H35N3O3/c1-15(2)19-8-7-17(5)20(13-19)28-18(6)22(27)25-11-9-24(10-12-25)14-21(26)23-16(3)4/h7-8,13,15-16,18H,9-12,14H2,1-6H3,(H,23,26). The summed E-state index contributed by atoms with van der Waals surface area (Å²) in [5, 5.41) is 2.91. The fourth-order valence-electron chi connectivity index (χ4n) is 3.30. The van der Waals surface area contributed by atoms with Gasteiger partial charge in [0.05, 0.1) is 6.54 Å². The summed E-state index contributed by atoms with van der Waals surface area (Å²) in [7, 11) is 0. The van der Waals surface area contributed by atoms with Crippen LogP contribution in [-0.4, -0.2) is 66.5 Å². The van der Waals surface area contributed by atoms with Crippen molar-refractivity contribution < 1.29 is 14.3 Å². The van der Waals surface area contributed by atoms with Gasteiger partial charge in [-0.2, -0.15) is 0 Å². The summed E-state index contributed by atoms with van der Waals surface area (Å²) in [5.74, 6) is 1.22. The van der Waals surface area contributed by atoms with Crippen LogP contribution >= 0.6 is 0 Å². The second-order valence-electron chi connectivity index (χ2n) is 8.26. The lowest BCUT2D eigenvalue weighted by Crippen LogP contribution is -2.53. The Balaban J connectivity index is 1.88. The third kappa shape index (κ3) is 6.23. The van der Waals surface area contributed by atoms with E-state index in [-0.39, 0.29) is 17.9 Å². The van der Waals surface area contributed by atoms with Crippen molar-refractivity contribution >= 4 is 11.8 Å². The van der Waals surface area contributed by atoms with E-state index in [2.05, 4.69) is 30.1 Å². The lowest BCUT2D eigenvalue weighted by atomic mass is 10.0. The van der Waals surface area contributed by atoms with Crippen molar-refractivity contribution in [2.45, 2.75) is 59.6 Å². The molecule has 6 nitrogen and oxygen atoms in total. The van der Waals surface area contributed by atoms with Gasteiger partial charge < -0.3 is 15.0 Å². The first-order chi connectivity index (χ1) is 13.2. The van der Waals surface area contributed by atoms with E-state index in [1.165, 1.54) is 5.56 Å². The highest BCUT2D eigenvalue weighted by molar-refractivity contribution is 5.81. The molecule has 0 aromatic heterocycles. The van der Waals surface area contributed by atoms with Crippen molar-refractivity contribution in [1.82, 2.24) is 15.1 Å². The van der Waals surface area contributed by atoms with Crippen LogP contribution in [0.1, 0.15) is 51.7 Å². The Morgan fingerprint density at radius 3 is 2.29 bits per heavy atom. The Bertz CT molecular complexity index is 680. The van der Waals surface area contributed by atoms with Gasteiger partial charge in [-0.25, -0.2) is 0 Å². The Morgan fingerprint density at radius 1 is 1.07 bits per heavy atom. The van der Waals surface area contributed by atoms with Crippen molar-refractivity contribution in [1.29, 1.82) is 0 Å². The normalized spacial score (nSPS) is 16.4. The van der Waals surface area contributed by atoms with E-state index >= 15 is 0 Å². The summed E-state index contributed by atoms with van der Waals surface area (Å²) in [5.41, 5.74) is 2.23. The molecule has 28 heavy (non-hydrogen) atoms. The lowest BCUT2D eigenvalue weighted by Gasteiger charge is -2.35. The minimum atomic E-state index is -0.531. The number of benzene rings is 1. The topological polar surface area (TPSA) is 61.9 Å². The molecule has 1 aromatic carbocycles. The number of carbonyl (C=O) groups is 2. The van der Waals surface area contributed by atoms with Crippen LogP contribution in [-0.2, 0) is 9.59 Å². The third-order valence-corrected chi connectivity index (χ3v) is 5.03. The molecule has 0 saturated carbocycles. The zero-order chi connectivity index (χ0) is 20.8. The fraction of sp³-hybridized carbons (Fsp3) is 0.636. The largest absolute Gasteiger partial charge is 0.481 e. The van der Waals surface area contributed by atoms with Crippen molar-refractivity contribution in [3.63, 3.8) is 0 Å². The van der Waals surface area contributed by atoms with Crippen LogP contribution in [0.4, 0.5) is 0 Å². The molecule has 1 atom stereocenters. The molecule has 1 aliphatic rings. The first-order valence-corrected chi connectivity index (χ1v) is 10.2. The fourth-order valence-corrected chi connectivity index (χ4v) is 3.30. The van der Waals surface area contributed by atoms with Crippen molar-refractivity contribution in [2.75, 3.05) is 32.7 Å². The Hall–Kier alpha value is -2.08. The van der Waals surface area contributed by atoms with Gasteiger partial charge in [-0.15, -0.1) is 0 Å². The van der Waals surface area contributed by atoms with Crippen LogP contribution in [0.15, 0.2) is 18.2 Å². The smallest absolute Gasteiger partial charge is 0.263 e. The number of aryl methyl sites for hydroxylation is 1. The van der Waals surface area contributed by atoms with Crippen molar-refractivity contribution in [3.05, 3.63) is 29.3 Å². The summed E-state index contributed by atoms with van der Waals surface area (Å²) in [4.78, 5) is 28.6. The second kappa shape index (κ2) is 9.92. The molecule has 1 aliphatic heterocycles. The minimum Gasteiger partial charge on any atom is -0.481 e. The molecule has 0 bridgehead atoms. The highest BCUT2D eigenvalue weighted by Gasteiger charge is 2.27. The summed E-state index contributed by atoms with van der Waals surface area (Å²) < 4.78 is 6.02. The predicted molar refractivity (Wildman–Crippen MR) is 112 cm³/mol. The van der Waals surface area contributed by atoms with Crippen LogP contribution < -0.4 is 10.1 Å². The van der Waals surface area contributed by atoms with E-state index in [9.17, 15) is 9.59 Å². The number of amides is 2. The Kier molecular flexibility index (Phi) is 7.87. The highest BCUT2D eigenvalue weighted by atomic mass is 16.5. The number of hydrogen-bond acceptors (Lipinski definition) is 4. The number of nitrogens with zero attached hydrogens (tertiary/aromatic N) is 2. The average molecular weight is 390 g/mol. The first-order valence-electron chi connectivity index (χ1n) is 10.2. The molecule has 156 valence electrons. The third-order valence-electron chi connectivity index (χ3n) is 5.03. The van der Waals surface area contributed by atoms with E-state index in [4.69, 9.17) is 4.74 Å². The molecule has 2 rings (SSSR count). The van der Waals surface area contributed by atoms with Gasteiger partial charge in [-0.05, 0) is 50.8 Å².